The normalized spacial score (nSPS) is 15.7. The van der Waals surface area contributed by atoms with E-state index < -0.39 is 5.97 Å². The molecule has 32 heavy (non-hydrogen) atoms. The number of ether oxygens (including phenoxy) is 1. The quantitative estimate of drug-likeness (QED) is 0.591. The summed E-state index contributed by atoms with van der Waals surface area (Å²) in [7, 11) is 0. The van der Waals surface area contributed by atoms with Gasteiger partial charge < -0.3 is 9.64 Å². The number of amides is 1. The summed E-state index contributed by atoms with van der Waals surface area (Å²) in [5, 5.41) is 0.779. The number of carbonyl (C=O) groups excluding carboxylic acids is 2. The third-order valence-corrected chi connectivity index (χ3v) is 6.53. The Labute approximate surface area is 187 Å². The van der Waals surface area contributed by atoms with Gasteiger partial charge in [-0.3, -0.25) is 14.7 Å². The van der Waals surface area contributed by atoms with Crippen LogP contribution in [-0.4, -0.2) is 47.5 Å². The average molecular weight is 430 g/mol. The number of rotatable bonds is 4. The maximum absolute atomic E-state index is 13.3. The van der Waals surface area contributed by atoms with Crippen molar-refractivity contribution >= 4 is 28.5 Å². The number of carbonyl (C=O) groups is 2. The van der Waals surface area contributed by atoms with Crippen LogP contribution in [0.5, 0.6) is 0 Å². The molecule has 2 aromatic carbocycles. The Hall–Kier alpha value is -3.25. The molecule has 1 aromatic heterocycles. The Morgan fingerprint density at radius 3 is 2.66 bits per heavy atom. The van der Waals surface area contributed by atoms with E-state index in [0.717, 1.165) is 52.8 Å². The topological polar surface area (TPSA) is 62.7 Å². The first kappa shape index (κ1) is 20.6. The molecule has 0 saturated carbocycles. The monoisotopic (exact) mass is 429 g/mol. The lowest BCUT2D eigenvalue weighted by Crippen LogP contribution is -2.37. The van der Waals surface area contributed by atoms with Crippen molar-refractivity contribution in [1.29, 1.82) is 0 Å². The molecule has 0 spiro atoms. The molecule has 2 aliphatic heterocycles. The number of esters is 1. The van der Waals surface area contributed by atoms with Gasteiger partial charge in [-0.2, -0.15) is 0 Å². The molecule has 0 radical (unpaired) electrons. The van der Waals surface area contributed by atoms with E-state index in [-0.39, 0.29) is 12.5 Å². The van der Waals surface area contributed by atoms with Gasteiger partial charge in [-0.25, -0.2) is 4.79 Å². The molecule has 0 saturated heterocycles. The Balaban J connectivity index is 1.42. The van der Waals surface area contributed by atoms with Crippen molar-refractivity contribution in [2.45, 2.75) is 39.3 Å². The van der Waals surface area contributed by atoms with Crippen molar-refractivity contribution in [2.24, 2.45) is 0 Å². The van der Waals surface area contributed by atoms with Gasteiger partial charge in [-0.05, 0) is 38.0 Å². The highest BCUT2D eigenvalue weighted by Gasteiger charge is 2.29. The minimum Gasteiger partial charge on any atom is -0.452 e. The van der Waals surface area contributed by atoms with Crippen molar-refractivity contribution < 1.29 is 14.3 Å². The summed E-state index contributed by atoms with van der Waals surface area (Å²) in [5.41, 5.74) is 5.27. The van der Waals surface area contributed by atoms with Crippen LogP contribution in [0.25, 0.3) is 10.9 Å². The van der Waals surface area contributed by atoms with Gasteiger partial charge >= 0.3 is 5.97 Å². The van der Waals surface area contributed by atoms with E-state index in [2.05, 4.69) is 18.7 Å². The zero-order valence-corrected chi connectivity index (χ0v) is 18.5. The summed E-state index contributed by atoms with van der Waals surface area (Å²) < 4.78 is 5.61. The van der Waals surface area contributed by atoms with Gasteiger partial charge in [-0.15, -0.1) is 0 Å². The SMILES string of the molecule is CC(C)N1CCc2nc3ccccc3c(C(=O)OCC(=O)N3CCc4ccccc43)c2C1. The predicted octanol–water partition coefficient (Wildman–Crippen LogP) is 3.75. The first-order valence-electron chi connectivity index (χ1n) is 11.2. The standard InChI is InChI=1S/C26H27N3O3/c1-17(2)28-13-12-22-20(15-28)25(19-8-4-5-9-21(19)27-22)26(31)32-16-24(30)29-14-11-18-7-3-6-10-23(18)29/h3-10,17H,11-16H2,1-2H3. The summed E-state index contributed by atoms with van der Waals surface area (Å²) >= 11 is 0. The number of hydrogen-bond donors (Lipinski definition) is 0. The maximum Gasteiger partial charge on any atom is 0.339 e. The number of fused-ring (bicyclic) bond motifs is 3. The number of benzene rings is 2. The fraction of sp³-hybridized carbons (Fsp3) is 0.346. The first-order valence-corrected chi connectivity index (χ1v) is 11.2. The Bertz CT molecular complexity index is 1200. The molecular weight excluding hydrogens is 402 g/mol. The number of aromatic nitrogens is 1. The molecule has 5 rings (SSSR count). The van der Waals surface area contributed by atoms with Gasteiger partial charge in [0.25, 0.3) is 5.91 Å². The molecular formula is C26H27N3O3. The molecule has 2 aliphatic rings. The number of hydrogen-bond acceptors (Lipinski definition) is 5. The summed E-state index contributed by atoms with van der Waals surface area (Å²) in [6.45, 7) is 6.23. The fourth-order valence-corrected chi connectivity index (χ4v) is 4.76. The molecule has 3 heterocycles. The van der Waals surface area contributed by atoms with Crippen LogP contribution >= 0.6 is 0 Å². The lowest BCUT2D eigenvalue weighted by molar-refractivity contribution is -0.121. The lowest BCUT2D eigenvalue weighted by Gasteiger charge is -2.32. The highest BCUT2D eigenvalue weighted by molar-refractivity contribution is 6.06. The third-order valence-electron chi connectivity index (χ3n) is 6.53. The summed E-state index contributed by atoms with van der Waals surface area (Å²) in [5.74, 6) is -0.648. The van der Waals surface area contributed by atoms with E-state index in [1.807, 2.05) is 48.5 Å². The van der Waals surface area contributed by atoms with E-state index in [1.165, 1.54) is 0 Å². The van der Waals surface area contributed by atoms with Gasteiger partial charge in [0.15, 0.2) is 6.61 Å². The van der Waals surface area contributed by atoms with Crippen LogP contribution < -0.4 is 4.90 Å². The lowest BCUT2D eigenvalue weighted by atomic mass is 9.95. The van der Waals surface area contributed by atoms with E-state index in [9.17, 15) is 9.59 Å². The molecule has 0 bridgehead atoms. The zero-order valence-electron chi connectivity index (χ0n) is 18.5. The van der Waals surface area contributed by atoms with Crippen molar-refractivity contribution in [2.75, 3.05) is 24.6 Å². The average Bonchev–Trinajstić information content (AvgIpc) is 3.24. The van der Waals surface area contributed by atoms with Crippen LogP contribution in [0.2, 0.25) is 0 Å². The van der Waals surface area contributed by atoms with E-state index in [0.29, 0.717) is 24.7 Å². The van der Waals surface area contributed by atoms with Crippen molar-refractivity contribution in [3.63, 3.8) is 0 Å². The van der Waals surface area contributed by atoms with Crippen LogP contribution in [0.3, 0.4) is 0 Å². The molecule has 0 aliphatic carbocycles. The highest BCUT2D eigenvalue weighted by Crippen LogP contribution is 2.30. The second-order valence-corrected chi connectivity index (χ2v) is 8.74. The van der Waals surface area contributed by atoms with Crippen molar-refractivity contribution in [3.05, 3.63) is 70.9 Å². The molecule has 3 aromatic rings. The molecule has 0 N–H and O–H groups in total. The summed E-state index contributed by atoms with van der Waals surface area (Å²) in [4.78, 5) is 35.1. The van der Waals surface area contributed by atoms with Crippen molar-refractivity contribution in [1.82, 2.24) is 9.88 Å². The molecule has 0 fully saturated rings. The second-order valence-electron chi connectivity index (χ2n) is 8.74. The van der Waals surface area contributed by atoms with Crippen LogP contribution in [0.1, 0.15) is 41.0 Å². The summed E-state index contributed by atoms with van der Waals surface area (Å²) in [6.07, 6.45) is 1.62. The minimum absolute atomic E-state index is 0.195. The smallest absolute Gasteiger partial charge is 0.339 e. The van der Waals surface area contributed by atoms with Gasteiger partial charge in [-0.1, -0.05) is 36.4 Å². The molecule has 6 nitrogen and oxygen atoms in total. The molecule has 0 atom stereocenters. The van der Waals surface area contributed by atoms with Crippen molar-refractivity contribution in [3.8, 4) is 0 Å². The van der Waals surface area contributed by atoms with Gasteiger partial charge in [0.2, 0.25) is 0 Å². The second kappa shape index (κ2) is 8.36. The van der Waals surface area contributed by atoms with Gasteiger partial charge in [0, 0.05) is 54.4 Å². The molecule has 164 valence electrons. The third kappa shape index (κ3) is 3.65. The Morgan fingerprint density at radius 2 is 1.81 bits per heavy atom. The number of para-hydroxylation sites is 2. The zero-order chi connectivity index (χ0) is 22.2. The molecule has 1 amide bonds. The summed E-state index contributed by atoms with van der Waals surface area (Å²) in [6, 6.07) is 15.9. The van der Waals surface area contributed by atoms with Crippen LogP contribution in [-0.2, 0) is 28.9 Å². The van der Waals surface area contributed by atoms with Gasteiger partial charge in [0.05, 0.1) is 11.1 Å². The highest BCUT2D eigenvalue weighted by atomic mass is 16.5. The Morgan fingerprint density at radius 1 is 1.03 bits per heavy atom. The van der Waals surface area contributed by atoms with E-state index >= 15 is 0 Å². The largest absolute Gasteiger partial charge is 0.452 e. The van der Waals surface area contributed by atoms with Crippen LogP contribution in [0.15, 0.2) is 48.5 Å². The van der Waals surface area contributed by atoms with E-state index in [1.54, 1.807) is 4.90 Å². The van der Waals surface area contributed by atoms with E-state index in [4.69, 9.17) is 9.72 Å². The number of nitrogens with zero attached hydrogens (tertiary/aromatic N) is 3. The van der Waals surface area contributed by atoms with Gasteiger partial charge in [0.1, 0.15) is 0 Å². The molecule has 0 unspecified atom stereocenters. The Kier molecular flexibility index (Phi) is 5.39. The molecule has 6 heteroatoms. The van der Waals surface area contributed by atoms with Crippen LogP contribution in [0, 0.1) is 0 Å². The first-order chi connectivity index (χ1) is 15.5. The predicted molar refractivity (Wildman–Crippen MR) is 124 cm³/mol. The fourth-order valence-electron chi connectivity index (χ4n) is 4.76. The maximum atomic E-state index is 13.3. The number of pyridine rings is 1. The minimum atomic E-state index is -0.453. The number of anilines is 1. The van der Waals surface area contributed by atoms with Crippen LogP contribution in [0.4, 0.5) is 5.69 Å².